The number of rotatable bonds is 12. The lowest BCUT2D eigenvalue weighted by Gasteiger charge is -2.06. The molecule has 0 atom stereocenters. The molecule has 0 amide bonds. The first-order valence-electron chi connectivity index (χ1n) is 11.0. The summed E-state index contributed by atoms with van der Waals surface area (Å²) in [4.78, 5) is 0. The van der Waals surface area contributed by atoms with Crippen molar-refractivity contribution in [3.05, 3.63) is 40.5 Å². The molecule has 2 nitrogen and oxygen atoms in total. The minimum absolute atomic E-state index is 0.284. The first kappa shape index (κ1) is 21.2. The van der Waals surface area contributed by atoms with Crippen molar-refractivity contribution in [3.63, 3.8) is 0 Å². The number of benzene rings is 1. The van der Waals surface area contributed by atoms with Crippen LogP contribution in [0.5, 0.6) is 0 Å². The van der Waals surface area contributed by atoms with E-state index in [-0.39, 0.29) is 5.57 Å². The van der Waals surface area contributed by atoms with Crippen molar-refractivity contribution < 1.29 is 0 Å². The van der Waals surface area contributed by atoms with Gasteiger partial charge in [-0.15, -0.1) is 0 Å². The Morgan fingerprint density at radius 3 is 2.00 bits per heavy atom. The van der Waals surface area contributed by atoms with Crippen LogP contribution in [0.2, 0.25) is 0 Å². The summed E-state index contributed by atoms with van der Waals surface area (Å²) in [7, 11) is 0. The van der Waals surface area contributed by atoms with E-state index in [0.717, 1.165) is 30.4 Å². The number of allylic oxidation sites excluding steroid dienone is 2. The highest BCUT2D eigenvalue weighted by Gasteiger charge is 2.20. The van der Waals surface area contributed by atoms with E-state index in [4.69, 9.17) is 10.5 Å². The van der Waals surface area contributed by atoms with Crippen LogP contribution in [-0.4, -0.2) is 0 Å². The summed E-state index contributed by atoms with van der Waals surface area (Å²) in [5.41, 5.74) is 5.06. The van der Waals surface area contributed by atoms with Crippen molar-refractivity contribution in [2.45, 2.75) is 96.8 Å². The van der Waals surface area contributed by atoms with Crippen LogP contribution in [0, 0.1) is 22.7 Å². The van der Waals surface area contributed by atoms with Gasteiger partial charge in [0.1, 0.15) is 17.7 Å². The van der Waals surface area contributed by atoms with E-state index in [2.05, 4.69) is 25.1 Å². The van der Waals surface area contributed by atoms with Crippen molar-refractivity contribution in [2.75, 3.05) is 0 Å². The Labute approximate surface area is 165 Å². The monoisotopic (exact) mass is 362 g/mol. The molecule has 0 saturated heterocycles. The average molecular weight is 363 g/mol. The molecule has 1 aromatic rings. The number of aryl methyl sites for hydroxylation is 2. The smallest absolute Gasteiger partial charge is 0.133 e. The summed E-state index contributed by atoms with van der Waals surface area (Å²) in [5.74, 6) is 0. The van der Waals surface area contributed by atoms with Crippen LogP contribution in [0.15, 0.2) is 23.8 Å². The van der Waals surface area contributed by atoms with Crippen LogP contribution in [0.4, 0.5) is 0 Å². The van der Waals surface area contributed by atoms with E-state index in [1.807, 2.05) is 12.1 Å². The molecule has 1 aliphatic rings. The normalized spacial score (nSPS) is 12.5. The quantitative estimate of drug-likeness (QED) is 0.289. The van der Waals surface area contributed by atoms with E-state index in [9.17, 15) is 0 Å². The number of fused-ring (bicyclic) bond motifs is 1. The van der Waals surface area contributed by atoms with Crippen molar-refractivity contribution in [3.8, 4) is 12.1 Å². The molecule has 27 heavy (non-hydrogen) atoms. The highest BCUT2D eigenvalue weighted by atomic mass is 14.3. The largest absolute Gasteiger partial charge is 0.192 e. The van der Waals surface area contributed by atoms with Gasteiger partial charge in [0.2, 0.25) is 0 Å². The molecule has 0 aliphatic heterocycles. The number of nitrogens with zero attached hydrogens (tertiary/aromatic N) is 2. The molecule has 0 aromatic heterocycles. The van der Waals surface area contributed by atoms with Gasteiger partial charge in [-0.2, -0.15) is 10.5 Å². The second-order valence-corrected chi connectivity index (χ2v) is 7.85. The molecule has 0 radical (unpaired) electrons. The van der Waals surface area contributed by atoms with Crippen LogP contribution in [0.3, 0.4) is 0 Å². The van der Waals surface area contributed by atoms with Crippen molar-refractivity contribution in [2.24, 2.45) is 0 Å². The molecule has 0 spiro atoms. The standard InChI is InChI=1S/C25H34N2/c1-2-3-4-5-6-7-8-9-10-11-12-13-21-14-16-24-22(18-21)15-17-25(24)23(19-26)20-27/h14,16,18H,2-13,15,17H2,1H3. The molecular weight excluding hydrogens is 328 g/mol. The Morgan fingerprint density at radius 2 is 1.41 bits per heavy atom. The van der Waals surface area contributed by atoms with E-state index in [1.54, 1.807) is 0 Å². The molecule has 2 heteroatoms. The first-order valence-corrected chi connectivity index (χ1v) is 11.0. The number of hydrogen-bond acceptors (Lipinski definition) is 2. The molecule has 0 N–H and O–H groups in total. The third-order valence-electron chi connectivity index (χ3n) is 5.73. The van der Waals surface area contributed by atoms with Gasteiger partial charge in [-0.3, -0.25) is 0 Å². The van der Waals surface area contributed by atoms with E-state index in [0.29, 0.717) is 0 Å². The molecule has 0 heterocycles. The number of unbranched alkanes of at least 4 members (excludes halogenated alkanes) is 10. The molecule has 1 aromatic carbocycles. The summed E-state index contributed by atoms with van der Waals surface area (Å²) < 4.78 is 0. The van der Waals surface area contributed by atoms with Gasteiger partial charge in [0, 0.05) is 0 Å². The zero-order valence-corrected chi connectivity index (χ0v) is 17.0. The van der Waals surface area contributed by atoms with Crippen molar-refractivity contribution in [1.82, 2.24) is 0 Å². The second-order valence-electron chi connectivity index (χ2n) is 7.85. The zero-order chi connectivity index (χ0) is 19.3. The number of hydrogen-bond donors (Lipinski definition) is 0. The van der Waals surface area contributed by atoms with Gasteiger partial charge in [0.25, 0.3) is 0 Å². The van der Waals surface area contributed by atoms with Gasteiger partial charge in [0.15, 0.2) is 0 Å². The summed E-state index contributed by atoms with van der Waals surface area (Å²) >= 11 is 0. The van der Waals surface area contributed by atoms with Gasteiger partial charge in [-0.25, -0.2) is 0 Å². The highest BCUT2D eigenvalue weighted by Crippen LogP contribution is 2.35. The summed E-state index contributed by atoms with van der Waals surface area (Å²) in [6.45, 7) is 2.27. The van der Waals surface area contributed by atoms with Gasteiger partial charge >= 0.3 is 0 Å². The summed E-state index contributed by atoms with van der Waals surface area (Å²) in [6.07, 6.45) is 18.1. The molecule has 0 saturated carbocycles. The minimum Gasteiger partial charge on any atom is -0.192 e. The third kappa shape index (κ3) is 6.88. The van der Waals surface area contributed by atoms with Crippen LogP contribution in [0.25, 0.3) is 5.57 Å². The van der Waals surface area contributed by atoms with Gasteiger partial charge in [-0.05, 0) is 47.9 Å². The predicted molar refractivity (Wildman–Crippen MR) is 113 cm³/mol. The van der Waals surface area contributed by atoms with Gasteiger partial charge in [0.05, 0.1) is 0 Å². The Morgan fingerprint density at radius 1 is 0.815 bits per heavy atom. The molecule has 2 rings (SSSR count). The first-order chi connectivity index (χ1) is 13.3. The Kier molecular flexibility index (Phi) is 9.72. The zero-order valence-electron chi connectivity index (χ0n) is 17.0. The van der Waals surface area contributed by atoms with Crippen LogP contribution >= 0.6 is 0 Å². The fourth-order valence-corrected chi connectivity index (χ4v) is 4.11. The second kappa shape index (κ2) is 12.3. The summed E-state index contributed by atoms with van der Waals surface area (Å²) in [6, 6.07) is 10.7. The predicted octanol–water partition coefficient (Wildman–Crippen LogP) is 7.29. The molecular formula is C25H34N2. The van der Waals surface area contributed by atoms with Crippen molar-refractivity contribution >= 4 is 5.57 Å². The minimum atomic E-state index is 0.284. The maximum Gasteiger partial charge on any atom is 0.133 e. The topological polar surface area (TPSA) is 47.6 Å². The molecule has 0 bridgehead atoms. The third-order valence-corrected chi connectivity index (χ3v) is 5.73. The fraction of sp³-hybridized carbons (Fsp3) is 0.600. The van der Waals surface area contributed by atoms with Crippen LogP contribution in [-0.2, 0) is 12.8 Å². The molecule has 144 valence electrons. The SMILES string of the molecule is CCCCCCCCCCCCCc1ccc2c(c1)CCC2=C(C#N)C#N. The van der Waals surface area contributed by atoms with E-state index >= 15 is 0 Å². The average Bonchev–Trinajstić information content (AvgIpc) is 3.10. The van der Waals surface area contributed by atoms with Crippen molar-refractivity contribution in [1.29, 1.82) is 10.5 Å². The Bertz CT molecular complexity index is 684. The lowest BCUT2D eigenvalue weighted by molar-refractivity contribution is 0.549. The lowest BCUT2D eigenvalue weighted by Crippen LogP contribution is -1.90. The molecule has 0 fully saturated rings. The fourth-order valence-electron chi connectivity index (χ4n) is 4.11. The van der Waals surface area contributed by atoms with E-state index in [1.165, 1.54) is 81.8 Å². The molecule has 1 aliphatic carbocycles. The maximum absolute atomic E-state index is 9.11. The summed E-state index contributed by atoms with van der Waals surface area (Å²) in [5, 5.41) is 18.2. The number of nitriles is 2. The lowest BCUT2D eigenvalue weighted by atomic mass is 9.98. The van der Waals surface area contributed by atoms with Gasteiger partial charge < -0.3 is 0 Å². The Hall–Kier alpha value is -2.06. The van der Waals surface area contributed by atoms with E-state index < -0.39 is 0 Å². The maximum atomic E-state index is 9.11. The van der Waals surface area contributed by atoms with Crippen LogP contribution in [0.1, 0.15) is 101 Å². The highest BCUT2D eigenvalue weighted by molar-refractivity contribution is 5.80. The van der Waals surface area contributed by atoms with Gasteiger partial charge in [-0.1, -0.05) is 89.3 Å². The molecule has 0 unspecified atom stereocenters. The van der Waals surface area contributed by atoms with Crippen LogP contribution < -0.4 is 0 Å². The Balaban J connectivity index is 1.64.